The van der Waals surface area contributed by atoms with Crippen LogP contribution in [-0.4, -0.2) is 61.1 Å². The van der Waals surface area contributed by atoms with Crippen LogP contribution in [0, 0.1) is 12.8 Å². The van der Waals surface area contributed by atoms with Gasteiger partial charge in [0.05, 0.1) is 11.2 Å². The van der Waals surface area contributed by atoms with Gasteiger partial charge in [0.25, 0.3) is 0 Å². The Hall–Kier alpha value is -1.89. The molecule has 158 valence electrons. The SMILES string of the molecule is CCS(=O)(=O)NC1CC2CN(S(=O)(=O)c3cccnc3)CC2(c2nc(C)no2)C1. The maximum absolute atomic E-state index is 13.1. The summed E-state index contributed by atoms with van der Waals surface area (Å²) in [7, 11) is -7.11. The van der Waals surface area contributed by atoms with Crippen LogP contribution >= 0.6 is 0 Å². The molecule has 3 unspecified atom stereocenters. The fourth-order valence-corrected chi connectivity index (χ4v) is 6.79. The molecule has 3 heterocycles. The normalized spacial score (nSPS) is 27.9. The lowest BCUT2D eigenvalue weighted by Gasteiger charge is -2.25. The standard InChI is InChI=1S/C17H23N5O5S2/c1-3-28(23,24)21-14-7-13-10-22(29(25,26)15-5-4-6-18-9-15)11-17(13,8-14)16-19-12(2)20-27-16/h4-6,9,13-14,21H,3,7-8,10-11H2,1-2H3. The van der Waals surface area contributed by atoms with E-state index in [1.165, 1.54) is 22.8 Å². The highest BCUT2D eigenvalue weighted by Gasteiger charge is 2.59. The lowest BCUT2D eigenvalue weighted by molar-refractivity contribution is 0.259. The Morgan fingerprint density at radius 3 is 2.76 bits per heavy atom. The second kappa shape index (κ2) is 7.11. The van der Waals surface area contributed by atoms with Crippen molar-refractivity contribution in [2.75, 3.05) is 18.8 Å². The monoisotopic (exact) mass is 441 g/mol. The van der Waals surface area contributed by atoms with E-state index < -0.39 is 25.5 Å². The Kier molecular flexibility index (Phi) is 5.00. The van der Waals surface area contributed by atoms with Crippen molar-refractivity contribution in [3.05, 3.63) is 36.2 Å². The van der Waals surface area contributed by atoms with Crippen LogP contribution in [-0.2, 0) is 25.5 Å². The van der Waals surface area contributed by atoms with E-state index in [1.54, 1.807) is 19.9 Å². The molecule has 0 aromatic carbocycles. The van der Waals surface area contributed by atoms with Crippen molar-refractivity contribution in [2.24, 2.45) is 5.92 Å². The maximum atomic E-state index is 13.1. The number of nitrogens with zero attached hydrogens (tertiary/aromatic N) is 4. The fraction of sp³-hybridized carbons (Fsp3) is 0.588. The number of aromatic nitrogens is 3. The van der Waals surface area contributed by atoms with Crippen LogP contribution in [0.15, 0.2) is 33.9 Å². The van der Waals surface area contributed by atoms with Crippen molar-refractivity contribution < 1.29 is 21.4 Å². The smallest absolute Gasteiger partial charge is 0.244 e. The van der Waals surface area contributed by atoms with Crippen molar-refractivity contribution in [3.63, 3.8) is 0 Å². The van der Waals surface area contributed by atoms with Crippen molar-refractivity contribution in [1.29, 1.82) is 0 Å². The molecule has 4 rings (SSSR count). The van der Waals surface area contributed by atoms with Crippen molar-refractivity contribution >= 4 is 20.0 Å². The van der Waals surface area contributed by atoms with Gasteiger partial charge in [-0.15, -0.1) is 0 Å². The molecule has 2 aromatic rings. The summed E-state index contributed by atoms with van der Waals surface area (Å²) in [6, 6.07) is 2.79. The number of rotatable bonds is 6. The lowest BCUT2D eigenvalue weighted by Crippen LogP contribution is -2.39. The molecule has 3 atom stereocenters. The molecule has 0 spiro atoms. The Morgan fingerprint density at radius 1 is 1.34 bits per heavy atom. The van der Waals surface area contributed by atoms with E-state index in [4.69, 9.17) is 4.52 Å². The van der Waals surface area contributed by atoms with E-state index in [-0.39, 0.29) is 35.7 Å². The summed E-state index contributed by atoms with van der Waals surface area (Å²) >= 11 is 0. The highest BCUT2D eigenvalue weighted by Crippen LogP contribution is 2.51. The molecule has 1 aliphatic heterocycles. The van der Waals surface area contributed by atoms with E-state index in [9.17, 15) is 16.8 Å². The number of fused-ring (bicyclic) bond motifs is 1. The number of sulfonamides is 2. The first kappa shape index (κ1) is 20.4. The van der Waals surface area contributed by atoms with E-state index >= 15 is 0 Å². The van der Waals surface area contributed by atoms with Crippen LogP contribution in [0.5, 0.6) is 0 Å². The molecular weight excluding hydrogens is 418 g/mol. The molecule has 1 saturated carbocycles. The van der Waals surface area contributed by atoms with Gasteiger partial charge in [0.1, 0.15) is 4.90 Å². The molecule has 10 nitrogen and oxygen atoms in total. The van der Waals surface area contributed by atoms with Gasteiger partial charge in [0, 0.05) is 31.5 Å². The highest BCUT2D eigenvalue weighted by atomic mass is 32.2. The second-order valence-corrected chi connectivity index (χ2v) is 11.6. The zero-order valence-corrected chi connectivity index (χ0v) is 17.8. The zero-order valence-electron chi connectivity index (χ0n) is 16.1. The van der Waals surface area contributed by atoms with Crippen LogP contribution in [0.1, 0.15) is 31.5 Å². The number of nitrogens with one attached hydrogen (secondary N) is 1. The molecular formula is C17H23N5O5S2. The molecule has 2 fully saturated rings. The largest absolute Gasteiger partial charge is 0.339 e. The average Bonchev–Trinajstić information content (AvgIpc) is 3.35. The van der Waals surface area contributed by atoms with Gasteiger partial charge in [-0.05, 0) is 44.7 Å². The number of aryl methyl sites for hydroxylation is 1. The van der Waals surface area contributed by atoms with Gasteiger partial charge in [0.2, 0.25) is 25.9 Å². The van der Waals surface area contributed by atoms with Crippen molar-refractivity contribution in [2.45, 2.75) is 43.0 Å². The Balaban J connectivity index is 1.67. The Labute approximate surface area is 169 Å². The maximum Gasteiger partial charge on any atom is 0.244 e. The summed E-state index contributed by atoms with van der Waals surface area (Å²) in [6.07, 6.45) is 3.74. The van der Waals surface area contributed by atoms with Crippen LogP contribution < -0.4 is 4.72 Å². The van der Waals surface area contributed by atoms with Gasteiger partial charge in [-0.25, -0.2) is 21.6 Å². The van der Waals surface area contributed by atoms with Gasteiger partial charge in [0.15, 0.2) is 5.82 Å². The third-order valence-electron chi connectivity index (χ3n) is 5.80. The highest BCUT2D eigenvalue weighted by molar-refractivity contribution is 7.89. The molecule has 1 aliphatic carbocycles. The van der Waals surface area contributed by atoms with Gasteiger partial charge < -0.3 is 4.52 Å². The van der Waals surface area contributed by atoms with Crippen LogP contribution in [0.2, 0.25) is 0 Å². The Morgan fingerprint density at radius 2 is 2.14 bits per heavy atom. The number of hydrogen-bond donors (Lipinski definition) is 1. The first-order valence-corrected chi connectivity index (χ1v) is 12.5. The minimum Gasteiger partial charge on any atom is -0.339 e. The molecule has 1 N–H and O–H groups in total. The lowest BCUT2D eigenvalue weighted by atomic mass is 9.80. The molecule has 0 radical (unpaired) electrons. The van der Waals surface area contributed by atoms with E-state index in [1.807, 2.05) is 0 Å². The predicted octanol–water partition coefficient (Wildman–Crippen LogP) is 0.433. The predicted molar refractivity (Wildman–Crippen MR) is 103 cm³/mol. The summed E-state index contributed by atoms with van der Waals surface area (Å²) in [6.45, 7) is 3.69. The zero-order chi connectivity index (χ0) is 20.9. The molecule has 29 heavy (non-hydrogen) atoms. The summed E-state index contributed by atoms with van der Waals surface area (Å²) < 4.78 is 59.9. The van der Waals surface area contributed by atoms with Gasteiger partial charge in [-0.2, -0.15) is 9.29 Å². The summed E-state index contributed by atoms with van der Waals surface area (Å²) in [5.74, 6) is 0.669. The van der Waals surface area contributed by atoms with Crippen LogP contribution in [0.4, 0.5) is 0 Å². The molecule has 2 aliphatic rings. The van der Waals surface area contributed by atoms with Crippen LogP contribution in [0.3, 0.4) is 0 Å². The van der Waals surface area contributed by atoms with E-state index in [2.05, 4.69) is 19.8 Å². The van der Waals surface area contributed by atoms with E-state index in [0.717, 1.165) is 0 Å². The fourth-order valence-electron chi connectivity index (χ4n) is 4.41. The first-order chi connectivity index (χ1) is 13.7. The van der Waals surface area contributed by atoms with Crippen molar-refractivity contribution in [1.82, 2.24) is 24.2 Å². The molecule has 12 heteroatoms. The first-order valence-electron chi connectivity index (χ1n) is 9.37. The summed E-state index contributed by atoms with van der Waals surface area (Å²) in [4.78, 5) is 8.41. The molecule has 2 aromatic heterocycles. The number of pyridine rings is 1. The van der Waals surface area contributed by atoms with Gasteiger partial charge >= 0.3 is 0 Å². The van der Waals surface area contributed by atoms with Gasteiger partial charge in [-0.1, -0.05) is 5.16 Å². The van der Waals surface area contributed by atoms with Gasteiger partial charge in [-0.3, -0.25) is 4.98 Å². The minimum atomic E-state index is -3.74. The average molecular weight is 442 g/mol. The Bertz CT molecular complexity index is 1100. The third-order valence-corrected chi connectivity index (χ3v) is 9.04. The topological polar surface area (TPSA) is 135 Å². The quantitative estimate of drug-likeness (QED) is 0.682. The van der Waals surface area contributed by atoms with E-state index in [0.29, 0.717) is 24.6 Å². The second-order valence-electron chi connectivity index (χ2n) is 7.64. The molecule has 1 saturated heterocycles. The third kappa shape index (κ3) is 3.58. The molecule has 0 bridgehead atoms. The number of hydrogen-bond acceptors (Lipinski definition) is 8. The molecule has 0 amide bonds. The summed E-state index contributed by atoms with van der Waals surface area (Å²) in [5.41, 5.74) is -0.725. The van der Waals surface area contributed by atoms with Crippen LogP contribution in [0.25, 0.3) is 0 Å². The van der Waals surface area contributed by atoms with Crippen molar-refractivity contribution in [3.8, 4) is 0 Å². The minimum absolute atomic E-state index is 0.0116. The summed E-state index contributed by atoms with van der Waals surface area (Å²) in [5, 5.41) is 3.87.